The third-order valence-electron chi connectivity index (χ3n) is 3.39. The van der Waals surface area contributed by atoms with Crippen molar-refractivity contribution in [1.29, 1.82) is 0 Å². The fourth-order valence-electron chi connectivity index (χ4n) is 2.31. The molecular formula is C14H16ClN5O2S. The predicted octanol–water partition coefficient (Wildman–Crippen LogP) is 1.46. The zero-order chi connectivity index (χ0) is 16.4. The Morgan fingerprint density at radius 3 is 2.91 bits per heavy atom. The van der Waals surface area contributed by atoms with Crippen molar-refractivity contribution in [1.82, 2.24) is 20.3 Å². The predicted molar refractivity (Wildman–Crippen MR) is 88.5 cm³/mol. The summed E-state index contributed by atoms with van der Waals surface area (Å²) in [6.45, 7) is 1.66. The maximum atomic E-state index is 11.3. The van der Waals surface area contributed by atoms with E-state index in [9.17, 15) is 8.42 Å². The number of halogens is 1. The Kier molecular flexibility index (Phi) is 4.47. The first-order valence-corrected chi connectivity index (χ1v) is 9.49. The largest absolute Gasteiger partial charge is 0.323 e. The molecule has 0 unspecified atom stereocenters. The van der Waals surface area contributed by atoms with Gasteiger partial charge < -0.3 is 10.6 Å². The second kappa shape index (κ2) is 6.38. The topological polar surface area (TPSA) is 96.9 Å². The van der Waals surface area contributed by atoms with E-state index in [4.69, 9.17) is 11.6 Å². The van der Waals surface area contributed by atoms with E-state index in [1.54, 1.807) is 6.07 Å². The molecule has 0 saturated carbocycles. The lowest BCUT2D eigenvalue weighted by Gasteiger charge is -2.16. The smallest absolute Gasteiger partial charge is 0.227 e. The molecule has 2 aromatic rings. The molecule has 23 heavy (non-hydrogen) atoms. The van der Waals surface area contributed by atoms with E-state index in [-0.39, 0.29) is 5.75 Å². The van der Waals surface area contributed by atoms with Crippen LogP contribution in [0.4, 0.5) is 11.6 Å². The van der Waals surface area contributed by atoms with Gasteiger partial charge >= 0.3 is 0 Å². The number of nitrogens with one attached hydrogen (secondary N) is 2. The summed E-state index contributed by atoms with van der Waals surface area (Å²) >= 11 is 6.10. The first-order chi connectivity index (χ1) is 10.9. The molecule has 2 aromatic heterocycles. The number of fused-ring (bicyclic) bond motifs is 1. The van der Waals surface area contributed by atoms with Gasteiger partial charge in [-0.25, -0.2) is 18.4 Å². The highest BCUT2D eigenvalue weighted by molar-refractivity contribution is 7.89. The quantitative estimate of drug-likeness (QED) is 0.858. The van der Waals surface area contributed by atoms with Gasteiger partial charge in [0, 0.05) is 19.0 Å². The first kappa shape index (κ1) is 16.1. The van der Waals surface area contributed by atoms with Gasteiger partial charge in [-0.05, 0) is 24.6 Å². The van der Waals surface area contributed by atoms with E-state index < -0.39 is 9.84 Å². The molecule has 122 valence electrons. The van der Waals surface area contributed by atoms with Gasteiger partial charge in [-0.2, -0.15) is 0 Å². The standard InChI is InChI=1S/C14H16ClN5O2S/c1-23(21,22)8-13-11(15)4-10(6-17-13)19-14-18-5-9-2-3-16-7-12(9)20-14/h4-6,16H,2-3,7-8H2,1H3,(H,18,19,20). The van der Waals surface area contributed by atoms with Crippen LogP contribution < -0.4 is 10.6 Å². The molecule has 0 spiro atoms. The second-order valence-corrected chi connectivity index (χ2v) is 7.99. The van der Waals surface area contributed by atoms with Crippen molar-refractivity contribution in [2.24, 2.45) is 0 Å². The van der Waals surface area contributed by atoms with E-state index in [0.29, 0.717) is 22.4 Å². The number of hydrogen-bond acceptors (Lipinski definition) is 7. The molecule has 9 heteroatoms. The van der Waals surface area contributed by atoms with Gasteiger partial charge in [-0.1, -0.05) is 11.6 Å². The molecule has 0 radical (unpaired) electrons. The Balaban J connectivity index is 1.79. The van der Waals surface area contributed by atoms with E-state index in [1.165, 1.54) is 6.20 Å². The van der Waals surface area contributed by atoms with Crippen LogP contribution in [0.15, 0.2) is 18.5 Å². The average Bonchev–Trinajstić information content (AvgIpc) is 2.49. The normalized spacial score (nSPS) is 14.3. The lowest BCUT2D eigenvalue weighted by atomic mass is 10.1. The van der Waals surface area contributed by atoms with Gasteiger partial charge in [-0.15, -0.1) is 0 Å². The molecule has 0 atom stereocenters. The molecule has 1 aliphatic heterocycles. The molecular weight excluding hydrogens is 338 g/mol. The maximum Gasteiger partial charge on any atom is 0.227 e. The van der Waals surface area contributed by atoms with Gasteiger partial charge in [0.05, 0.1) is 34.0 Å². The fourth-order valence-corrected chi connectivity index (χ4v) is 3.35. The van der Waals surface area contributed by atoms with Gasteiger partial charge in [0.15, 0.2) is 9.84 Å². The maximum absolute atomic E-state index is 11.3. The fraction of sp³-hybridized carbons (Fsp3) is 0.357. The number of anilines is 2. The Labute approximate surface area is 139 Å². The minimum absolute atomic E-state index is 0.187. The SMILES string of the molecule is CS(=O)(=O)Cc1ncc(Nc2ncc3c(n2)CNCC3)cc1Cl. The summed E-state index contributed by atoms with van der Waals surface area (Å²) in [5.41, 5.74) is 3.06. The number of pyridine rings is 1. The highest BCUT2D eigenvalue weighted by atomic mass is 35.5. The van der Waals surface area contributed by atoms with Crippen LogP contribution in [0.5, 0.6) is 0 Å². The summed E-state index contributed by atoms with van der Waals surface area (Å²) in [4.78, 5) is 12.9. The summed E-state index contributed by atoms with van der Waals surface area (Å²) in [6.07, 6.45) is 5.40. The average molecular weight is 354 g/mol. The van der Waals surface area contributed by atoms with Crippen molar-refractivity contribution >= 4 is 33.1 Å². The van der Waals surface area contributed by atoms with Crippen molar-refractivity contribution in [2.45, 2.75) is 18.7 Å². The molecule has 3 heterocycles. The third-order valence-corrected chi connectivity index (χ3v) is 4.52. The van der Waals surface area contributed by atoms with Crippen molar-refractivity contribution in [2.75, 3.05) is 18.1 Å². The van der Waals surface area contributed by atoms with E-state index in [0.717, 1.165) is 37.0 Å². The van der Waals surface area contributed by atoms with Gasteiger partial charge in [0.25, 0.3) is 0 Å². The second-order valence-electron chi connectivity index (χ2n) is 5.44. The Morgan fingerprint density at radius 2 is 2.17 bits per heavy atom. The molecule has 0 aromatic carbocycles. The molecule has 1 aliphatic rings. The molecule has 0 saturated heterocycles. The van der Waals surface area contributed by atoms with Crippen LogP contribution in [-0.2, 0) is 28.6 Å². The summed E-state index contributed by atoms with van der Waals surface area (Å²) < 4.78 is 22.7. The summed E-state index contributed by atoms with van der Waals surface area (Å²) in [5.74, 6) is 0.272. The Hall–Kier alpha value is -1.77. The number of hydrogen-bond donors (Lipinski definition) is 2. The van der Waals surface area contributed by atoms with Crippen LogP contribution in [-0.4, -0.2) is 36.2 Å². The van der Waals surface area contributed by atoms with E-state index in [2.05, 4.69) is 25.6 Å². The van der Waals surface area contributed by atoms with Crippen LogP contribution in [0.1, 0.15) is 17.0 Å². The molecule has 0 amide bonds. The Morgan fingerprint density at radius 1 is 1.35 bits per heavy atom. The van der Waals surface area contributed by atoms with Gasteiger partial charge in [0.2, 0.25) is 5.95 Å². The van der Waals surface area contributed by atoms with Crippen molar-refractivity contribution in [3.63, 3.8) is 0 Å². The third kappa shape index (κ3) is 4.15. The summed E-state index contributed by atoms with van der Waals surface area (Å²) in [6, 6.07) is 1.62. The number of aromatic nitrogens is 3. The number of nitrogens with zero attached hydrogens (tertiary/aromatic N) is 3. The number of sulfone groups is 1. The van der Waals surface area contributed by atoms with E-state index >= 15 is 0 Å². The number of rotatable bonds is 4. The molecule has 0 fully saturated rings. The van der Waals surface area contributed by atoms with Gasteiger partial charge in [-0.3, -0.25) is 4.98 Å². The minimum Gasteiger partial charge on any atom is -0.323 e. The zero-order valence-electron chi connectivity index (χ0n) is 12.5. The molecule has 0 bridgehead atoms. The lowest BCUT2D eigenvalue weighted by Crippen LogP contribution is -2.25. The van der Waals surface area contributed by atoms with Crippen LogP contribution in [0.25, 0.3) is 0 Å². The highest BCUT2D eigenvalue weighted by Crippen LogP contribution is 2.22. The van der Waals surface area contributed by atoms with Crippen molar-refractivity contribution in [3.8, 4) is 0 Å². The zero-order valence-corrected chi connectivity index (χ0v) is 14.1. The highest BCUT2D eigenvalue weighted by Gasteiger charge is 2.13. The van der Waals surface area contributed by atoms with Gasteiger partial charge in [0.1, 0.15) is 0 Å². The first-order valence-electron chi connectivity index (χ1n) is 7.05. The summed E-state index contributed by atoms with van der Waals surface area (Å²) in [7, 11) is -3.18. The van der Waals surface area contributed by atoms with Crippen LogP contribution in [0.3, 0.4) is 0 Å². The van der Waals surface area contributed by atoms with E-state index in [1.807, 2.05) is 6.20 Å². The molecule has 3 rings (SSSR count). The Bertz CT molecular complexity index is 841. The van der Waals surface area contributed by atoms with Crippen LogP contribution >= 0.6 is 11.6 Å². The van der Waals surface area contributed by atoms with Crippen LogP contribution in [0, 0.1) is 0 Å². The van der Waals surface area contributed by atoms with Crippen molar-refractivity contribution < 1.29 is 8.42 Å². The van der Waals surface area contributed by atoms with Crippen molar-refractivity contribution in [3.05, 3.63) is 40.4 Å². The molecule has 7 nitrogen and oxygen atoms in total. The lowest BCUT2D eigenvalue weighted by molar-refractivity contribution is 0.600. The monoisotopic (exact) mass is 353 g/mol. The molecule has 0 aliphatic carbocycles. The molecule has 2 N–H and O–H groups in total. The summed E-state index contributed by atoms with van der Waals surface area (Å²) in [5, 5.41) is 6.59. The van der Waals surface area contributed by atoms with Crippen LogP contribution in [0.2, 0.25) is 5.02 Å². The minimum atomic E-state index is -3.18.